The van der Waals surface area contributed by atoms with Crippen molar-refractivity contribution in [2.24, 2.45) is 0 Å². The lowest BCUT2D eigenvalue weighted by atomic mass is 10.1. The first kappa shape index (κ1) is 22.3. The highest BCUT2D eigenvalue weighted by molar-refractivity contribution is 5.91. The topological polar surface area (TPSA) is 104 Å². The van der Waals surface area contributed by atoms with Crippen molar-refractivity contribution >= 4 is 22.9 Å². The maximum atomic E-state index is 13.9. The second-order valence-corrected chi connectivity index (χ2v) is 7.72. The molecule has 0 atom stereocenters. The van der Waals surface area contributed by atoms with Crippen LogP contribution >= 0.6 is 0 Å². The standard InChI is InChI=1S/C23H18F3N7O2/c1-13-20-15(21(25)26)9-17(18-7-4-8-35-18)28-22(20)33(30-13)11-19(34)29-23-27-12-32(31-23)10-14-5-2-3-6-16(14)24/h2-9,12,21H,10-11H2,1H3,(H,29,31,34). The molecule has 9 nitrogen and oxygen atoms in total. The zero-order chi connectivity index (χ0) is 24.5. The summed E-state index contributed by atoms with van der Waals surface area (Å²) in [4.78, 5) is 21.1. The predicted octanol–water partition coefficient (Wildman–Crippen LogP) is 4.35. The van der Waals surface area contributed by atoms with E-state index in [2.05, 4.69) is 25.5 Å². The number of aromatic nitrogens is 6. The lowest BCUT2D eigenvalue weighted by Gasteiger charge is -2.07. The first-order valence-electron chi connectivity index (χ1n) is 10.5. The highest BCUT2D eigenvalue weighted by Gasteiger charge is 2.23. The van der Waals surface area contributed by atoms with Gasteiger partial charge in [-0.05, 0) is 31.2 Å². The highest BCUT2D eigenvalue weighted by atomic mass is 19.3. The Kier molecular flexibility index (Phi) is 5.77. The summed E-state index contributed by atoms with van der Waals surface area (Å²) in [6, 6.07) is 10.7. The second kappa shape index (κ2) is 9.05. The third-order valence-corrected chi connectivity index (χ3v) is 5.29. The Morgan fingerprint density at radius 1 is 1.17 bits per heavy atom. The number of furan rings is 1. The number of carbonyl (C=O) groups is 1. The first-order valence-corrected chi connectivity index (χ1v) is 10.5. The minimum atomic E-state index is -2.78. The summed E-state index contributed by atoms with van der Waals surface area (Å²) < 4.78 is 49.4. The number of alkyl halides is 2. The fraction of sp³-hybridized carbons (Fsp3) is 0.174. The number of hydrogen-bond acceptors (Lipinski definition) is 6. The molecule has 4 aromatic heterocycles. The van der Waals surface area contributed by atoms with E-state index in [-0.39, 0.29) is 47.1 Å². The van der Waals surface area contributed by atoms with Gasteiger partial charge in [0.2, 0.25) is 11.9 Å². The summed E-state index contributed by atoms with van der Waals surface area (Å²) in [6.45, 7) is 1.39. The van der Waals surface area contributed by atoms with Crippen LogP contribution in [0.25, 0.3) is 22.5 Å². The Labute approximate surface area is 196 Å². The molecule has 5 rings (SSSR count). The van der Waals surface area contributed by atoms with Gasteiger partial charge in [-0.15, -0.1) is 5.10 Å². The highest BCUT2D eigenvalue weighted by Crippen LogP contribution is 2.33. The van der Waals surface area contributed by atoms with Crippen LogP contribution in [0.2, 0.25) is 0 Å². The molecule has 0 aliphatic heterocycles. The van der Waals surface area contributed by atoms with Crippen molar-refractivity contribution in [1.82, 2.24) is 29.5 Å². The van der Waals surface area contributed by atoms with Crippen LogP contribution in [0.5, 0.6) is 0 Å². The molecule has 0 aliphatic rings. The molecule has 0 spiro atoms. The molecule has 4 heterocycles. The number of aryl methyl sites for hydroxylation is 1. The summed E-state index contributed by atoms with van der Waals surface area (Å²) in [7, 11) is 0. The number of nitrogens with one attached hydrogen (secondary N) is 1. The number of amides is 1. The molecular weight excluding hydrogens is 463 g/mol. The molecule has 0 saturated carbocycles. The molecule has 178 valence electrons. The average molecular weight is 481 g/mol. The third kappa shape index (κ3) is 4.50. The average Bonchev–Trinajstić information content (AvgIpc) is 3.57. The molecular formula is C23H18F3N7O2. The molecule has 0 unspecified atom stereocenters. The van der Waals surface area contributed by atoms with Crippen molar-refractivity contribution in [2.75, 3.05) is 5.32 Å². The lowest BCUT2D eigenvalue weighted by molar-refractivity contribution is -0.116. The van der Waals surface area contributed by atoms with E-state index in [1.165, 1.54) is 34.1 Å². The van der Waals surface area contributed by atoms with Gasteiger partial charge in [-0.1, -0.05) is 18.2 Å². The summed E-state index contributed by atoms with van der Waals surface area (Å²) >= 11 is 0. The number of anilines is 1. The number of halogens is 3. The van der Waals surface area contributed by atoms with Crippen molar-refractivity contribution in [3.63, 3.8) is 0 Å². The molecule has 0 aliphatic carbocycles. The fourth-order valence-electron chi connectivity index (χ4n) is 3.75. The van der Waals surface area contributed by atoms with Crippen LogP contribution in [-0.2, 0) is 17.9 Å². The van der Waals surface area contributed by atoms with Gasteiger partial charge in [-0.3, -0.25) is 10.1 Å². The lowest BCUT2D eigenvalue weighted by Crippen LogP contribution is -2.20. The van der Waals surface area contributed by atoms with Gasteiger partial charge in [0.1, 0.15) is 24.4 Å². The van der Waals surface area contributed by atoms with Crippen LogP contribution in [0.4, 0.5) is 19.1 Å². The minimum absolute atomic E-state index is 0.0111. The molecule has 35 heavy (non-hydrogen) atoms. The number of carbonyl (C=O) groups excluding carboxylic acids is 1. The van der Waals surface area contributed by atoms with E-state index in [1.807, 2.05) is 0 Å². The van der Waals surface area contributed by atoms with Crippen molar-refractivity contribution < 1.29 is 22.4 Å². The van der Waals surface area contributed by atoms with Gasteiger partial charge in [0.15, 0.2) is 11.4 Å². The maximum absolute atomic E-state index is 13.9. The Morgan fingerprint density at radius 3 is 2.74 bits per heavy atom. The molecule has 1 N–H and O–H groups in total. The molecule has 0 radical (unpaired) electrons. The number of pyridine rings is 1. The van der Waals surface area contributed by atoms with Crippen molar-refractivity contribution in [3.8, 4) is 11.5 Å². The monoisotopic (exact) mass is 481 g/mol. The van der Waals surface area contributed by atoms with Gasteiger partial charge >= 0.3 is 0 Å². The van der Waals surface area contributed by atoms with E-state index in [0.717, 1.165) is 0 Å². The third-order valence-electron chi connectivity index (χ3n) is 5.29. The normalized spacial score (nSPS) is 11.5. The SMILES string of the molecule is Cc1nn(CC(=O)Nc2ncn(Cc3ccccc3F)n2)c2nc(-c3ccco3)cc(C(F)F)c12. The first-order chi connectivity index (χ1) is 16.9. The number of fused-ring (bicyclic) bond motifs is 1. The predicted molar refractivity (Wildman–Crippen MR) is 119 cm³/mol. The molecule has 0 saturated heterocycles. The van der Waals surface area contributed by atoms with Crippen LogP contribution in [0.15, 0.2) is 59.5 Å². The second-order valence-electron chi connectivity index (χ2n) is 7.72. The summed E-state index contributed by atoms with van der Waals surface area (Å²) in [6.07, 6.45) is 0.00104. The van der Waals surface area contributed by atoms with E-state index in [9.17, 15) is 18.0 Å². The number of hydrogen-bond donors (Lipinski definition) is 1. The van der Waals surface area contributed by atoms with Crippen molar-refractivity contribution in [1.29, 1.82) is 0 Å². The Bertz CT molecular complexity index is 1510. The zero-order valence-corrected chi connectivity index (χ0v) is 18.3. The smallest absolute Gasteiger partial charge is 0.264 e. The molecule has 1 aromatic carbocycles. The van der Waals surface area contributed by atoms with E-state index in [4.69, 9.17) is 4.42 Å². The van der Waals surface area contributed by atoms with Crippen LogP contribution in [0, 0.1) is 12.7 Å². The van der Waals surface area contributed by atoms with Gasteiger partial charge in [-0.2, -0.15) is 5.10 Å². The van der Waals surface area contributed by atoms with E-state index in [0.29, 0.717) is 17.0 Å². The molecule has 12 heteroatoms. The van der Waals surface area contributed by atoms with Crippen LogP contribution in [0.1, 0.15) is 23.2 Å². The number of nitrogens with zero attached hydrogens (tertiary/aromatic N) is 6. The van der Waals surface area contributed by atoms with Gasteiger partial charge < -0.3 is 4.42 Å². The zero-order valence-electron chi connectivity index (χ0n) is 18.3. The minimum Gasteiger partial charge on any atom is -0.463 e. The summed E-state index contributed by atoms with van der Waals surface area (Å²) in [5, 5.41) is 11.1. The van der Waals surface area contributed by atoms with Gasteiger partial charge in [-0.25, -0.2) is 32.5 Å². The van der Waals surface area contributed by atoms with Gasteiger partial charge in [0.25, 0.3) is 6.43 Å². The van der Waals surface area contributed by atoms with E-state index >= 15 is 0 Å². The van der Waals surface area contributed by atoms with Crippen LogP contribution in [0.3, 0.4) is 0 Å². The van der Waals surface area contributed by atoms with Crippen molar-refractivity contribution in [3.05, 3.63) is 77.7 Å². The summed E-state index contributed by atoms with van der Waals surface area (Å²) in [5.41, 5.74) is 0.808. The summed E-state index contributed by atoms with van der Waals surface area (Å²) in [5.74, 6) is -0.591. The molecule has 0 bridgehead atoms. The Balaban J connectivity index is 1.38. The van der Waals surface area contributed by atoms with E-state index in [1.54, 1.807) is 37.3 Å². The van der Waals surface area contributed by atoms with Crippen molar-refractivity contribution in [2.45, 2.75) is 26.4 Å². The Morgan fingerprint density at radius 2 is 2.00 bits per heavy atom. The molecule has 1 amide bonds. The van der Waals surface area contributed by atoms with E-state index < -0.39 is 12.3 Å². The van der Waals surface area contributed by atoms with Gasteiger partial charge in [0.05, 0.1) is 23.9 Å². The quantitative estimate of drug-likeness (QED) is 0.371. The fourth-order valence-corrected chi connectivity index (χ4v) is 3.75. The largest absolute Gasteiger partial charge is 0.463 e. The molecule has 0 fully saturated rings. The van der Waals surface area contributed by atoms with Crippen LogP contribution < -0.4 is 5.32 Å². The maximum Gasteiger partial charge on any atom is 0.264 e. The number of benzene rings is 1. The molecule has 5 aromatic rings. The van der Waals surface area contributed by atoms with Crippen LogP contribution in [-0.4, -0.2) is 35.4 Å². The number of rotatable bonds is 7. The Hall–Kier alpha value is -4.48. The van der Waals surface area contributed by atoms with Gasteiger partial charge in [0, 0.05) is 11.1 Å².